The number of hydrogen-bond acceptors (Lipinski definition) is 1. The van der Waals surface area contributed by atoms with E-state index in [4.69, 9.17) is 5.73 Å². The molecule has 130 valence electrons. The van der Waals surface area contributed by atoms with Crippen LogP contribution in [0.15, 0.2) is 12.1 Å². The molecule has 0 bridgehead atoms. The summed E-state index contributed by atoms with van der Waals surface area (Å²) in [5, 5.41) is 0. The Balaban J connectivity index is 2.53. The molecule has 0 aromatic heterocycles. The standard InChI is InChI=1S/C15H16F7N/c16-11-7-9(14(17,18)19)6-10(15(20,21)22)12(11)13(23)8-4-2-1-3-5-8/h6-8,13H,1-5,23H2/t13-/m0/s1. The van der Waals surface area contributed by atoms with E-state index in [9.17, 15) is 30.7 Å². The fraction of sp³-hybridized carbons (Fsp3) is 0.600. The zero-order chi connectivity index (χ0) is 17.4. The van der Waals surface area contributed by atoms with E-state index in [2.05, 4.69) is 0 Å². The second-order valence-electron chi connectivity index (χ2n) is 5.84. The van der Waals surface area contributed by atoms with Crippen LogP contribution >= 0.6 is 0 Å². The van der Waals surface area contributed by atoms with Crippen LogP contribution < -0.4 is 5.73 Å². The van der Waals surface area contributed by atoms with Crippen LogP contribution in [0.5, 0.6) is 0 Å². The number of hydrogen-bond donors (Lipinski definition) is 1. The monoisotopic (exact) mass is 343 g/mol. The van der Waals surface area contributed by atoms with Crippen LogP contribution in [0, 0.1) is 11.7 Å². The highest BCUT2D eigenvalue weighted by Crippen LogP contribution is 2.43. The van der Waals surface area contributed by atoms with Crippen molar-refractivity contribution in [1.82, 2.24) is 0 Å². The quantitative estimate of drug-likeness (QED) is 0.711. The van der Waals surface area contributed by atoms with Gasteiger partial charge in [0.2, 0.25) is 0 Å². The van der Waals surface area contributed by atoms with Gasteiger partial charge in [-0.15, -0.1) is 0 Å². The van der Waals surface area contributed by atoms with E-state index in [1.165, 1.54) is 0 Å². The number of halogens is 7. The number of alkyl halides is 6. The summed E-state index contributed by atoms with van der Waals surface area (Å²) < 4.78 is 91.5. The second kappa shape index (κ2) is 6.30. The van der Waals surface area contributed by atoms with Crippen molar-refractivity contribution < 1.29 is 30.7 Å². The molecule has 0 saturated heterocycles. The van der Waals surface area contributed by atoms with Gasteiger partial charge in [0.1, 0.15) is 5.82 Å². The maximum atomic E-state index is 14.1. The van der Waals surface area contributed by atoms with E-state index in [0.29, 0.717) is 12.8 Å². The van der Waals surface area contributed by atoms with Crippen molar-refractivity contribution in [2.24, 2.45) is 11.7 Å². The molecule has 0 radical (unpaired) electrons. The Morgan fingerprint density at radius 2 is 1.48 bits per heavy atom. The number of benzene rings is 1. The lowest BCUT2D eigenvalue weighted by Crippen LogP contribution is -2.28. The van der Waals surface area contributed by atoms with Gasteiger partial charge in [0, 0.05) is 11.6 Å². The summed E-state index contributed by atoms with van der Waals surface area (Å²) in [6.07, 6.45) is -6.63. The Morgan fingerprint density at radius 3 is 1.96 bits per heavy atom. The lowest BCUT2D eigenvalue weighted by atomic mass is 9.80. The van der Waals surface area contributed by atoms with Gasteiger partial charge in [-0.25, -0.2) is 4.39 Å². The molecule has 1 nitrogen and oxygen atoms in total. The largest absolute Gasteiger partial charge is 0.416 e. The Labute approximate surface area is 128 Å². The van der Waals surface area contributed by atoms with E-state index in [1.807, 2.05) is 0 Å². The maximum Gasteiger partial charge on any atom is 0.416 e. The van der Waals surface area contributed by atoms with Crippen LogP contribution in [0.3, 0.4) is 0 Å². The first-order valence-electron chi connectivity index (χ1n) is 7.25. The summed E-state index contributed by atoms with van der Waals surface area (Å²) in [4.78, 5) is 0. The summed E-state index contributed by atoms with van der Waals surface area (Å²) in [5.41, 5.74) is 1.64. The van der Waals surface area contributed by atoms with Crippen LogP contribution in [0.2, 0.25) is 0 Å². The first-order chi connectivity index (χ1) is 10.5. The highest BCUT2D eigenvalue weighted by atomic mass is 19.4. The van der Waals surface area contributed by atoms with Crippen molar-refractivity contribution in [2.75, 3.05) is 0 Å². The normalized spacial score (nSPS) is 19.0. The van der Waals surface area contributed by atoms with Crippen molar-refractivity contribution in [3.8, 4) is 0 Å². The number of rotatable bonds is 2. The summed E-state index contributed by atoms with van der Waals surface area (Å²) >= 11 is 0. The fourth-order valence-corrected chi connectivity index (χ4v) is 3.08. The molecule has 1 aliphatic rings. The molecule has 0 amide bonds. The van der Waals surface area contributed by atoms with E-state index in [1.54, 1.807) is 0 Å². The maximum absolute atomic E-state index is 14.1. The fourth-order valence-electron chi connectivity index (χ4n) is 3.08. The molecular weight excluding hydrogens is 327 g/mol. The average molecular weight is 343 g/mol. The van der Waals surface area contributed by atoms with Crippen LogP contribution in [-0.4, -0.2) is 0 Å². The minimum absolute atomic E-state index is 0.0545. The van der Waals surface area contributed by atoms with Gasteiger partial charge >= 0.3 is 12.4 Å². The molecule has 1 aliphatic carbocycles. The summed E-state index contributed by atoms with van der Waals surface area (Å²) in [5.74, 6) is -1.92. The molecule has 1 saturated carbocycles. The lowest BCUT2D eigenvalue weighted by molar-refractivity contribution is -0.144. The average Bonchev–Trinajstić information content (AvgIpc) is 2.44. The van der Waals surface area contributed by atoms with Crippen molar-refractivity contribution in [3.63, 3.8) is 0 Å². The minimum Gasteiger partial charge on any atom is -0.324 e. The van der Waals surface area contributed by atoms with Gasteiger partial charge in [-0.3, -0.25) is 0 Å². The first kappa shape index (κ1) is 18.0. The lowest BCUT2D eigenvalue weighted by Gasteiger charge is -2.30. The Hall–Kier alpha value is -1.31. The second-order valence-corrected chi connectivity index (χ2v) is 5.84. The van der Waals surface area contributed by atoms with Gasteiger partial charge in [0.25, 0.3) is 0 Å². The third-order valence-electron chi connectivity index (χ3n) is 4.25. The van der Waals surface area contributed by atoms with Crippen LogP contribution in [0.25, 0.3) is 0 Å². The van der Waals surface area contributed by atoms with Crippen LogP contribution in [0.1, 0.15) is 54.8 Å². The first-order valence-corrected chi connectivity index (χ1v) is 7.25. The molecule has 1 aromatic carbocycles. The Bertz CT molecular complexity index is 556. The van der Waals surface area contributed by atoms with Gasteiger partial charge in [-0.05, 0) is 30.9 Å². The summed E-state index contributed by atoms with van der Waals surface area (Å²) in [6, 6.07) is -1.23. The van der Waals surface area contributed by atoms with Crippen molar-refractivity contribution in [3.05, 3.63) is 34.6 Å². The van der Waals surface area contributed by atoms with Crippen molar-refractivity contribution in [2.45, 2.75) is 50.5 Å². The zero-order valence-corrected chi connectivity index (χ0v) is 12.1. The van der Waals surface area contributed by atoms with Gasteiger partial charge in [-0.2, -0.15) is 26.3 Å². The van der Waals surface area contributed by atoms with E-state index < -0.39 is 40.9 Å². The molecular formula is C15H16F7N. The van der Waals surface area contributed by atoms with Crippen LogP contribution in [0.4, 0.5) is 30.7 Å². The topological polar surface area (TPSA) is 26.0 Å². The summed E-state index contributed by atoms with van der Waals surface area (Å²) in [7, 11) is 0. The van der Waals surface area contributed by atoms with Crippen LogP contribution in [-0.2, 0) is 12.4 Å². The SMILES string of the molecule is N[C@H](c1c(F)cc(C(F)(F)F)cc1C(F)(F)F)C1CCCCC1. The third kappa shape index (κ3) is 3.97. The molecule has 23 heavy (non-hydrogen) atoms. The minimum atomic E-state index is -5.11. The van der Waals surface area contributed by atoms with E-state index in [0.717, 1.165) is 19.3 Å². The van der Waals surface area contributed by atoms with Crippen molar-refractivity contribution in [1.29, 1.82) is 0 Å². The van der Waals surface area contributed by atoms with Gasteiger partial charge in [0.05, 0.1) is 11.1 Å². The Morgan fingerprint density at radius 1 is 0.913 bits per heavy atom. The zero-order valence-electron chi connectivity index (χ0n) is 12.1. The van der Waals surface area contributed by atoms with Crippen molar-refractivity contribution >= 4 is 0 Å². The predicted octanol–water partition coefficient (Wildman–Crippen LogP) is 5.44. The molecule has 0 heterocycles. The molecule has 1 atom stereocenters. The molecule has 2 N–H and O–H groups in total. The van der Waals surface area contributed by atoms with Gasteiger partial charge < -0.3 is 5.73 Å². The van der Waals surface area contributed by atoms with E-state index in [-0.39, 0.29) is 18.1 Å². The molecule has 0 unspecified atom stereocenters. The molecule has 0 spiro atoms. The predicted molar refractivity (Wildman–Crippen MR) is 69.9 cm³/mol. The third-order valence-corrected chi connectivity index (χ3v) is 4.25. The van der Waals surface area contributed by atoms with Gasteiger partial charge in [0.15, 0.2) is 0 Å². The molecule has 1 fully saturated rings. The summed E-state index contributed by atoms with van der Waals surface area (Å²) in [6.45, 7) is 0. The number of nitrogens with two attached hydrogens (primary N) is 1. The van der Waals surface area contributed by atoms with E-state index >= 15 is 0 Å². The van der Waals surface area contributed by atoms with Gasteiger partial charge in [-0.1, -0.05) is 19.3 Å². The molecule has 1 aromatic rings. The molecule has 8 heteroatoms. The highest BCUT2D eigenvalue weighted by molar-refractivity contribution is 5.39. The smallest absolute Gasteiger partial charge is 0.324 e. The molecule has 2 rings (SSSR count). The highest BCUT2D eigenvalue weighted by Gasteiger charge is 2.42. The Kier molecular flexibility index (Phi) is 4.94. The molecule has 0 aliphatic heterocycles.